The third-order valence-electron chi connectivity index (χ3n) is 9.55. The molecule has 0 bridgehead atoms. The summed E-state index contributed by atoms with van der Waals surface area (Å²) in [5, 5.41) is -12.1. The minimum atomic E-state index is -3.72. The summed E-state index contributed by atoms with van der Waals surface area (Å²) in [5.74, 6) is -48.6. The van der Waals surface area contributed by atoms with Gasteiger partial charge in [-0.2, -0.15) is 0 Å². The van der Waals surface area contributed by atoms with E-state index in [1.807, 2.05) is 0 Å². The van der Waals surface area contributed by atoms with Crippen molar-refractivity contribution in [3.63, 3.8) is 0 Å². The molecular formula is C35H5BF18. The van der Waals surface area contributed by atoms with Gasteiger partial charge >= 0.3 is 0 Å². The molecular weight excluding hydrogens is 773 g/mol. The van der Waals surface area contributed by atoms with Crippen molar-refractivity contribution in [3.8, 4) is 11.1 Å². The van der Waals surface area contributed by atoms with Gasteiger partial charge in [-0.3, -0.25) is 0 Å². The fraction of sp³-hybridized carbons (Fsp3) is 0.0286. The third kappa shape index (κ3) is 4.11. The summed E-state index contributed by atoms with van der Waals surface area (Å²) in [6.45, 7) is -3.72. The molecule has 7 aromatic carbocycles. The van der Waals surface area contributed by atoms with Crippen molar-refractivity contribution in [1.82, 2.24) is 0 Å². The SMILES string of the molecule is Fc1cccc2c1-c1c(F)c(F)c(F)c(B(c3c(F)c(F)c(F)c(F)c3F)c3c(F)c(F)c4c(F)c(F)c5c(F)c(F)c(F)c6c(F)c(F)c3c4c56)c1C2. The lowest BCUT2D eigenvalue weighted by Gasteiger charge is -2.26. The maximum Gasteiger partial charge on any atom is 0.258 e. The molecule has 0 amide bonds. The van der Waals surface area contributed by atoms with Crippen LogP contribution in [0.1, 0.15) is 11.1 Å². The summed E-state index contributed by atoms with van der Waals surface area (Å²) < 4.78 is 278. The Bertz CT molecular complexity index is 2850. The van der Waals surface area contributed by atoms with Crippen molar-refractivity contribution in [2.24, 2.45) is 0 Å². The van der Waals surface area contributed by atoms with Crippen molar-refractivity contribution >= 4 is 55.4 Å². The Balaban J connectivity index is 1.70. The lowest BCUT2D eigenvalue weighted by atomic mass is 9.34. The number of fused-ring (bicyclic) bond motifs is 3. The number of halogens is 18. The van der Waals surface area contributed by atoms with Crippen LogP contribution in [0.3, 0.4) is 0 Å². The predicted molar refractivity (Wildman–Crippen MR) is 155 cm³/mol. The average molecular weight is 778 g/mol. The molecule has 8 rings (SSSR count). The van der Waals surface area contributed by atoms with Crippen molar-refractivity contribution in [2.75, 3.05) is 0 Å². The lowest BCUT2D eigenvalue weighted by Crippen LogP contribution is -2.59. The molecule has 0 fully saturated rings. The molecule has 0 unspecified atom stereocenters. The van der Waals surface area contributed by atoms with E-state index in [-0.39, 0.29) is 5.56 Å². The second-order valence-electron chi connectivity index (χ2n) is 12.1. The van der Waals surface area contributed by atoms with Crippen LogP contribution in [0.4, 0.5) is 79.0 Å². The van der Waals surface area contributed by atoms with Crippen LogP contribution in [-0.4, -0.2) is 6.71 Å². The van der Waals surface area contributed by atoms with Crippen LogP contribution in [0.2, 0.25) is 0 Å². The Morgan fingerprint density at radius 3 is 1.22 bits per heavy atom. The Morgan fingerprint density at radius 2 is 0.685 bits per heavy atom. The van der Waals surface area contributed by atoms with E-state index in [0.29, 0.717) is 6.07 Å². The first-order valence-corrected chi connectivity index (χ1v) is 14.7. The van der Waals surface area contributed by atoms with Gasteiger partial charge in [0.15, 0.2) is 98.9 Å². The first-order chi connectivity index (χ1) is 25.4. The number of hydrogen-bond donors (Lipinski definition) is 0. The van der Waals surface area contributed by atoms with Crippen LogP contribution in [-0.2, 0) is 6.42 Å². The molecule has 0 N–H and O–H groups in total. The highest BCUT2D eigenvalue weighted by atomic mass is 19.2. The van der Waals surface area contributed by atoms with E-state index in [9.17, 15) is 17.6 Å². The van der Waals surface area contributed by atoms with Crippen LogP contribution >= 0.6 is 0 Å². The zero-order valence-corrected chi connectivity index (χ0v) is 25.3. The first-order valence-electron chi connectivity index (χ1n) is 14.7. The van der Waals surface area contributed by atoms with Crippen LogP contribution < -0.4 is 16.4 Å². The van der Waals surface area contributed by atoms with E-state index in [4.69, 9.17) is 0 Å². The average Bonchev–Trinajstić information content (AvgIpc) is 3.53. The van der Waals surface area contributed by atoms with Crippen molar-refractivity contribution < 1.29 is 79.0 Å². The number of hydrogen-bond acceptors (Lipinski definition) is 0. The number of rotatable bonds is 3. The van der Waals surface area contributed by atoms with Gasteiger partial charge in [-0.1, -0.05) is 12.1 Å². The normalized spacial score (nSPS) is 12.6. The third-order valence-corrected chi connectivity index (χ3v) is 9.55. The van der Waals surface area contributed by atoms with Gasteiger partial charge in [0, 0.05) is 32.7 Å². The molecule has 0 spiro atoms. The quantitative estimate of drug-likeness (QED) is 0.0552. The highest BCUT2D eigenvalue weighted by molar-refractivity contribution is 6.97. The van der Waals surface area contributed by atoms with Crippen molar-refractivity contribution in [1.29, 1.82) is 0 Å². The van der Waals surface area contributed by atoms with Gasteiger partial charge in [0.25, 0.3) is 6.71 Å². The maximum atomic E-state index is 16.5. The topological polar surface area (TPSA) is 0 Å². The van der Waals surface area contributed by atoms with Gasteiger partial charge in [0.1, 0.15) is 5.82 Å². The maximum absolute atomic E-state index is 16.5. The molecule has 0 aliphatic heterocycles. The summed E-state index contributed by atoms with van der Waals surface area (Å²) in [6.07, 6.45) is -1.04. The second kappa shape index (κ2) is 11.4. The highest BCUT2D eigenvalue weighted by Gasteiger charge is 2.46. The smallest absolute Gasteiger partial charge is 0.206 e. The number of benzene rings is 7. The fourth-order valence-corrected chi connectivity index (χ4v) is 7.39. The van der Waals surface area contributed by atoms with Crippen LogP contribution in [0, 0.1) is 105 Å². The van der Waals surface area contributed by atoms with E-state index in [1.54, 1.807) is 0 Å². The minimum Gasteiger partial charge on any atom is -0.206 e. The molecule has 19 heteroatoms. The molecule has 0 atom stereocenters. The zero-order chi connectivity index (χ0) is 39.3. The Morgan fingerprint density at radius 1 is 0.315 bits per heavy atom. The molecule has 274 valence electrons. The lowest BCUT2D eigenvalue weighted by molar-refractivity contribution is 0.384. The van der Waals surface area contributed by atoms with Crippen molar-refractivity contribution in [2.45, 2.75) is 6.42 Å². The monoisotopic (exact) mass is 778 g/mol. The molecule has 0 saturated carbocycles. The molecule has 0 aromatic heterocycles. The molecule has 54 heavy (non-hydrogen) atoms. The molecule has 0 heterocycles. The van der Waals surface area contributed by atoms with E-state index < -0.39 is 183 Å². The Labute approximate surface area is 286 Å². The predicted octanol–water partition coefficient (Wildman–Crippen LogP) is 9.18. The minimum absolute atomic E-state index is 0.379. The van der Waals surface area contributed by atoms with Crippen molar-refractivity contribution in [3.05, 3.63) is 134 Å². The van der Waals surface area contributed by atoms with Gasteiger partial charge in [0.05, 0.1) is 16.2 Å². The highest BCUT2D eigenvalue weighted by Crippen LogP contribution is 2.46. The van der Waals surface area contributed by atoms with E-state index >= 15 is 61.5 Å². The summed E-state index contributed by atoms with van der Waals surface area (Å²) in [4.78, 5) is 0. The Kier molecular flexibility index (Phi) is 7.51. The summed E-state index contributed by atoms with van der Waals surface area (Å²) in [5.41, 5.74) is -10.5. The molecule has 1 aliphatic carbocycles. The van der Waals surface area contributed by atoms with E-state index in [1.165, 1.54) is 0 Å². The fourth-order valence-electron chi connectivity index (χ4n) is 7.39. The molecule has 7 aromatic rings. The van der Waals surface area contributed by atoms with Crippen LogP contribution in [0.5, 0.6) is 0 Å². The Hall–Kier alpha value is -5.62. The van der Waals surface area contributed by atoms with Gasteiger partial charge in [-0.05, 0) is 34.5 Å². The van der Waals surface area contributed by atoms with E-state index in [2.05, 4.69) is 0 Å². The first kappa shape index (κ1) is 35.4. The largest absolute Gasteiger partial charge is 0.258 e. The standard InChI is InChI=1S/C35H5BF18/c37-7-3-1-2-5-4-6-9(8(5)7)19(38)32(51)27(46)16(6)36(18-29(48)33(52)35(54)34(53)30(18)49)17-12-10-11-14(21(40)20(12)39)25(44)31(50)26(45)15(11)23(42)22(41)13(10)24(43)28(17)47/h1-3H,4H2. The molecule has 1 aliphatic rings. The zero-order valence-electron chi connectivity index (χ0n) is 25.3. The van der Waals surface area contributed by atoms with Crippen LogP contribution in [0.25, 0.3) is 43.4 Å². The second-order valence-corrected chi connectivity index (χ2v) is 12.1. The van der Waals surface area contributed by atoms with Gasteiger partial charge in [-0.25, -0.2) is 79.0 Å². The van der Waals surface area contributed by atoms with Gasteiger partial charge < -0.3 is 0 Å². The summed E-state index contributed by atoms with van der Waals surface area (Å²) in [6, 6.07) is 2.61. The molecule has 0 radical (unpaired) electrons. The van der Waals surface area contributed by atoms with Gasteiger partial charge in [-0.15, -0.1) is 0 Å². The van der Waals surface area contributed by atoms with Crippen LogP contribution in [0.15, 0.2) is 18.2 Å². The molecule has 0 nitrogen and oxygen atoms in total. The van der Waals surface area contributed by atoms with Gasteiger partial charge in [0.2, 0.25) is 0 Å². The summed E-state index contributed by atoms with van der Waals surface area (Å²) >= 11 is 0. The molecule has 0 saturated heterocycles. The van der Waals surface area contributed by atoms with E-state index in [0.717, 1.165) is 12.1 Å². The summed E-state index contributed by atoms with van der Waals surface area (Å²) in [7, 11) is 0.